The molecule has 3 nitrogen and oxygen atoms in total. The van der Waals surface area contributed by atoms with Crippen LogP contribution >= 0.6 is 0 Å². The van der Waals surface area contributed by atoms with Gasteiger partial charge in [0, 0.05) is 25.3 Å². The van der Waals surface area contributed by atoms with Crippen LogP contribution in [0.25, 0.3) is 0 Å². The van der Waals surface area contributed by atoms with Crippen molar-refractivity contribution in [1.29, 1.82) is 0 Å². The predicted molar refractivity (Wildman–Crippen MR) is 65.4 cm³/mol. The molecule has 1 aromatic carbocycles. The summed E-state index contributed by atoms with van der Waals surface area (Å²) >= 11 is 0. The van der Waals surface area contributed by atoms with Crippen LogP contribution in [0.15, 0.2) is 24.3 Å². The zero-order chi connectivity index (χ0) is 12.3. The number of benzene rings is 1. The van der Waals surface area contributed by atoms with Gasteiger partial charge in [-0.1, -0.05) is 18.2 Å². The van der Waals surface area contributed by atoms with Crippen molar-refractivity contribution in [2.45, 2.75) is 13.5 Å². The molecule has 0 amide bonds. The van der Waals surface area contributed by atoms with Crippen LogP contribution in [0.2, 0.25) is 0 Å². The fraction of sp³-hybridized carbons (Fsp3) is 0.538. The lowest BCUT2D eigenvalue weighted by atomic mass is 10.2. The van der Waals surface area contributed by atoms with Crippen molar-refractivity contribution in [2.75, 3.05) is 32.9 Å². The maximum absolute atomic E-state index is 13.2. The molecule has 0 spiro atoms. The van der Waals surface area contributed by atoms with Gasteiger partial charge in [0.2, 0.25) is 0 Å². The number of nitrogens with one attached hydrogen (secondary N) is 1. The second-order valence-corrected chi connectivity index (χ2v) is 3.59. The molecule has 0 fully saturated rings. The molecule has 1 rings (SSSR count). The average Bonchev–Trinajstić information content (AvgIpc) is 2.35. The first kappa shape index (κ1) is 14.1. The average molecular weight is 241 g/mol. The van der Waals surface area contributed by atoms with Gasteiger partial charge < -0.3 is 14.8 Å². The Hall–Kier alpha value is -0.970. The Bertz CT molecular complexity index is 307. The molecule has 0 bridgehead atoms. The summed E-state index contributed by atoms with van der Waals surface area (Å²) in [6.07, 6.45) is 0. The molecule has 4 heteroatoms. The highest BCUT2D eigenvalue weighted by molar-refractivity contribution is 5.16. The summed E-state index contributed by atoms with van der Waals surface area (Å²) in [5.74, 6) is -0.211. The van der Waals surface area contributed by atoms with Gasteiger partial charge >= 0.3 is 0 Å². The quantitative estimate of drug-likeness (QED) is 0.670. The highest BCUT2D eigenvalue weighted by Gasteiger charge is 1.99. The first-order chi connectivity index (χ1) is 8.34. The third-order valence-corrected chi connectivity index (χ3v) is 2.27. The van der Waals surface area contributed by atoms with Crippen molar-refractivity contribution in [2.24, 2.45) is 0 Å². The second kappa shape index (κ2) is 9.10. The second-order valence-electron chi connectivity index (χ2n) is 3.59. The number of hydrogen-bond acceptors (Lipinski definition) is 3. The Morgan fingerprint density at radius 3 is 2.53 bits per heavy atom. The summed E-state index contributed by atoms with van der Waals surface area (Å²) in [5, 5.41) is 3.18. The zero-order valence-corrected chi connectivity index (χ0v) is 10.2. The number of ether oxygens (including phenoxy) is 2. The van der Waals surface area contributed by atoms with E-state index >= 15 is 0 Å². The Morgan fingerprint density at radius 2 is 1.82 bits per heavy atom. The van der Waals surface area contributed by atoms with Crippen molar-refractivity contribution in [3.05, 3.63) is 35.6 Å². The largest absolute Gasteiger partial charge is 0.380 e. The lowest BCUT2D eigenvalue weighted by Gasteiger charge is -2.07. The third-order valence-electron chi connectivity index (χ3n) is 2.27. The topological polar surface area (TPSA) is 30.5 Å². The van der Waals surface area contributed by atoms with E-state index in [1.54, 1.807) is 12.1 Å². The molecule has 1 N–H and O–H groups in total. The molecule has 96 valence electrons. The normalized spacial score (nSPS) is 10.7. The van der Waals surface area contributed by atoms with Gasteiger partial charge in [-0.05, 0) is 13.0 Å². The van der Waals surface area contributed by atoms with E-state index in [4.69, 9.17) is 9.47 Å². The van der Waals surface area contributed by atoms with E-state index in [1.165, 1.54) is 6.07 Å². The van der Waals surface area contributed by atoms with Gasteiger partial charge in [0.15, 0.2) is 0 Å². The Morgan fingerprint density at radius 1 is 1.12 bits per heavy atom. The van der Waals surface area contributed by atoms with E-state index in [0.29, 0.717) is 25.4 Å². The van der Waals surface area contributed by atoms with Crippen LogP contribution < -0.4 is 5.32 Å². The van der Waals surface area contributed by atoms with Crippen molar-refractivity contribution < 1.29 is 13.9 Å². The highest BCUT2D eigenvalue weighted by Crippen LogP contribution is 2.06. The summed E-state index contributed by atoms with van der Waals surface area (Å²) in [4.78, 5) is 0. The van der Waals surface area contributed by atoms with E-state index in [9.17, 15) is 4.39 Å². The Labute approximate surface area is 102 Å². The Balaban J connectivity index is 1.99. The molecule has 0 aromatic heterocycles. The van der Waals surface area contributed by atoms with Crippen LogP contribution in [0.3, 0.4) is 0 Å². The zero-order valence-electron chi connectivity index (χ0n) is 10.2. The number of hydrogen-bond donors (Lipinski definition) is 1. The highest BCUT2D eigenvalue weighted by atomic mass is 19.1. The van der Waals surface area contributed by atoms with Crippen LogP contribution in [-0.2, 0) is 16.1 Å². The molecule has 17 heavy (non-hydrogen) atoms. The first-order valence-corrected chi connectivity index (χ1v) is 5.94. The summed E-state index contributed by atoms with van der Waals surface area (Å²) in [6, 6.07) is 6.66. The molecule has 0 heterocycles. The Kier molecular flexibility index (Phi) is 7.54. The van der Waals surface area contributed by atoms with E-state index in [2.05, 4.69) is 5.32 Å². The molecule has 0 unspecified atom stereocenters. The lowest BCUT2D eigenvalue weighted by molar-refractivity contribution is 0.114. The third kappa shape index (κ3) is 6.36. The van der Waals surface area contributed by atoms with Gasteiger partial charge in [-0.15, -0.1) is 0 Å². The van der Waals surface area contributed by atoms with Crippen LogP contribution in [0, 0.1) is 5.82 Å². The van der Waals surface area contributed by atoms with Gasteiger partial charge in [-0.2, -0.15) is 0 Å². The number of halogens is 1. The van der Waals surface area contributed by atoms with Crippen molar-refractivity contribution in [3.63, 3.8) is 0 Å². The summed E-state index contributed by atoms with van der Waals surface area (Å²) < 4.78 is 23.7. The fourth-order valence-electron chi connectivity index (χ4n) is 1.36. The number of rotatable bonds is 9. The van der Waals surface area contributed by atoms with Crippen LogP contribution in [0.1, 0.15) is 12.5 Å². The van der Waals surface area contributed by atoms with Crippen molar-refractivity contribution in [3.8, 4) is 0 Å². The van der Waals surface area contributed by atoms with Gasteiger partial charge in [0.1, 0.15) is 5.82 Å². The van der Waals surface area contributed by atoms with E-state index in [1.807, 2.05) is 13.0 Å². The van der Waals surface area contributed by atoms with Gasteiger partial charge in [0.25, 0.3) is 0 Å². The van der Waals surface area contributed by atoms with Gasteiger partial charge in [0.05, 0.1) is 19.8 Å². The molecular formula is C13H20FNO2. The molecule has 0 radical (unpaired) electrons. The van der Waals surface area contributed by atoms with Gasteiger partial charge in [-0.25, -0.2) is 4.39 Å². The van der Waals surface area contributed by atoms with Crippen molar-refractivity contribution in [1.82, 2.24) is 5.32 Å². The standard InChI is InChI=1S/C13H20FNO2/c1-2-16-9-7-15-8-10-17-11-12-5-3-4-6-13(12)14/h3-6,15H,2,7-11H2,1H3. The maximum atomic E-state index is 13.2. The minimum Gasteiger partial charge on any atom is -0.380 e. The molecule has 0 aliphatic carbocycles. The fourth-order valence-corrected chi connectivity index (χ4v) is 1.36. The van der Waals surface area contributed by atoms with E-state index in [0.717, 1.165) is 19.7 Å². The van der Waals surface area contributed by atoms with Gasteiger partial charge in [-0.3, -0.25) is 0 Å². The molecule has 0 saturated heterocycles. The van der Waals surface area contributed by atoms with Crippen LogP contribution in [0.4, 0.5) is 4.39 Å². The summed E-state index contributed by atoms with van der Waals surface area (Å²) in [6.45, 7) is 5.88. The van der Waals surface area contributed by atoms with Crippen LogP contribution in [0.5, 0.6) is 0 Å². The first-order valence-electron chi connectivity index (χ1n) is 5.94. The van der Waals surface area contributed by atoms with Crippen molar-refractivity contribution >= 4 is 0 Å². The van der Waals surface area contributed by atoms with E-state index in [-0.39, 0.29) is 5.82 Å². The smallest absolute Gasteiger partial charge is 0.128 e. The lowest BCUT2D eigenvalue weighted by Crippen LogP contribution is -2.24. The summed E-state index contributed by atoms with van der Waals surface area (Å²) in [5.41, 5.74) is 0.599. The summed E-state index contributed by atoms with van der Waals surface area (Å²) in [7, 11) is 0. The van der Waals surface area contributed by atoms with Crippen LogP contribution in [-0.4, -0.2) is 32.9 Å². The maximum Gasteiger partial charge on any atom is 0.128 e. The minimum atomic E-state index is -0.211. The molecule has 0 saturated carbocycles. The predicted octanol–water partition coefficient (Wildman–Crippen LogP) is 1.97. The molecule has 0 atom stereocenters. The molecule has 0 aliphatic heterocycles. The monoisotopic (exact) mass is 241 g/mol. The minimum absolute atomic E-state index is 0.211. The molecular weight excluding hydrogens is 221 g/mol. The SMILES string of the molecule is CCOCCNCCOCc1ccccc1F. The molecule has 0 aliphatic rings. The molecule has 1 aromatic rings. The van der Waals surface area contributed by atoms with E-state index < -0.39 is 0 Å².